The van der Waals surface area contributed by atoms with Crippen molar-refractivity contribution in [2.45, 2.75) is 23.5 Å². The minimum absolute atomic E-state index is 0.0552. The zero-order valence-electron chi connectivity index (χ0n) is 24.5. The van der Waals surface area contributed by atoms with Crippen molar-refractivity contribution in [2.24, 2.45) is 0 Å². The molecule has 1 unspecified atom stereocenters. The van der Waals surface area contributed by atoms with E-state index in [1.54, 1.807) is 78.9 Å². The van der Waals surface area contributed by atoms with E-state index in [1.807, 2.05) is 42.6 Å². The van der Waals surface area contributed by atoms with Gasteiger partial charge < -0.3 is 16.0 Å². The minimum atomic E-state index is -0.510. The van der Waals surface area contributed by atoms with Crippen LogP contribution in [0, 0.1) is 0 Å². The molecular formula is C35H28Cl2N4O3S2. The zero-order chi connectivity index (χ0) is 32.5. The fourth-order valence-corrected chi connectivity index (χ4v) is 6.40. The van der Waals surface area contributed by atoms with E-state index in [2.05, 4.69) is 20.9 Å². The minimum Gasteiger partial charge on any atom is -0.321 e. The fourth-order valence-electron chi connectivity index (χ4n) is 4.31. The Morgan fingerprint density at radius 2 is 1.63 bits per heavy atom. The van der Waals surface area contributed by atoms with E-state index < -0.39 is 17.1 Å². The van der Waals surface area contributed by atoms with Crippen molar-refractivity contribution in [3.63, 3.8) is 0 Å². The molecule has 0 aliphatic carbocycles. The standard InChI is InChI=1S/C35H28Cl2N4O3S2/c1-2-31(34(44)41-35-40-30(21-45-35)27-13-6-7-14-28(27)37)46-26-12-8-11-25(20-26)38-33(43)29(19-22-15-17-24(36)18-16-22)39-32(42)23-9-4-3-5-10-23/h3-21,31H,2H2,1H3,(H,38,43)(H,39,42)(H,40,41,44)/b29-19-. The van der Waals surface area contributed by atoms with Gasteiger partial charge in [-0.1, -0.05) is 84.7 Å². The predicted octanol–water partition coefficient (Wildman–Crippen LogP) is 9.04. The second-order valence-corrected chi connectivity index (χ2v) is 12.9. The number of nitrogens with zero attached hydrogens (tertiary/aromatic N) is 1. The number of halogens is 2. The Labute approximate surface area is 285 Å². The molecule has 1 heterocycles. The number of hydrogen-bond acceptors (Lipinski definition) is 6. The average molecular weight is 688 g/mol. The van der Waals surface area contributed by atoms with Crippen molar-refractivity contribution in [3.05, 3.63) is 135 Å². The monoisotopic (exact) mass is 686 g/mol. The number of amides is 3. The number of carbonyl (C=O) groups is 3. The summed E-state index contributed by atoms with van der Waals surface area (Å²) in [5, 5.41) is 11.6. The normalized spacial score (nSPS) is 11.8. The third-order valence-electron chi connectivity index (χ3n) is 6.63. The summed E-state index contributed by atoms with van der Waals surface area (Å²) < 4.78 is 0. The van der Waals surface area contributed by atoms with Crippen molar-refractivity contribution in [1.29, 1.82) is 0 Å². The summed E-state index contributed by atoms with van der Waals surface area (Å²) in [4.78, 5) is 45.0. The molecule has 5 rings (SSSR count). The SMILES string of the molecule is CCC(Sc1cccc(NC(=O)/C(=C/c2ccc(Cl)cc2)NC(=O)c2ccccc2)c1)C(=O)Nc1nc(-c2ccccc2Cl)cs1. The van der Waals surface area contributed by atoms with Gasteiger partial charge >= 0.3 is 0 Å². The molecule has 0 aliphatic rings. The van der Waals surface area contributed by atoms with Gasteiger partial charge in [0.15, 0.2) is 5.13 Å². The third kappa shape index (κ3) is 8.86. The smallest absolute Gasteiger partial charge is 0.272 e. The first kappa shape index (κ1) is 33.0. The Morgan fingerprint density at radius 3 is 2.37 bits per heavy atom. The maximum Gasteiger partial charge on any atom is 0.272 e. The summed E-state index contributed by atoms with van der Waals surface area (Å²) >= 11 is 15.0. The number of nitrogens with one attached hydrogen (secondary N) is 3. The molecule has 0 aliphatic heterocycles. The molecule has 3 N–H and O–H groups in total. The lowest BCUT2D eigenvalue weighted by Crippen LogP contribution is -2.30. The van der Waals surface area contributed by atoms with Crippen LogP contribution in [-0.4, -0.2) is 28.0 Å². The maximum atomic E-state index is 13.5. The van der Waals surface area contributed by atoms with E-state index in [9.17, 15) is 14.4 Å². The molecule has 0 saturated carbocycles. The highest BCUT2D eigenvalue weighted by Gasteiger charge is 2.21. The summed E-state index contributed by atoms with van der Waals surface area (Å²) in [7, 11) is 0. The van der Waals surface area contributed by atoms with Gasteiger partial charge in [0.25, 0.3) is 11.8 Å². The summed E-state index contributed by atoms with van der Waals surface area (Å²) in [6.45, 7) is 1.93. The lowest BCUT2D eigenvalue weighted by molar-refractivity contribution is -0.116. The van der Waals surface area contributed by atoms with Crippen LogP contribution in [-0.2, 0) is 9.59 Å². The molecule has 0 radical (unpaired) electrons. The van der Waals surface area contributed by atoms with Crippen LogP contribution in [0.25, 0.3) is 17.3 Å². The molecule has 0 saturated heterocycles. The molecule has 5 aromatic rings. The first-order chi connectivity index (χ1) is 22.3. The Hall–Kier alpha value is -4.41. The molecule has 1 atom stereocenters. The van der Waals surface area contributed by atoms with Gasteiger partial charge in [0.05, 0.1) is 10.9 Å². The number of carbonyl (C=O) groups excluding carboxylic acids is 3. The highest BCUT2D eigenvalue weighted by atomic mass is 35.5. The van der Waals surface area contributed by atoms with E-state index in [0.717, 1.165) is 10.5 Å². The van der Waals surface area contributed by atoms with Crippen LogP contribution in [0.5, 0.6) is 0 Å². The Morgan fingerprint density at radius 1 is 0.891 bits per heavy atom. The van der Waals surface area contributed by atoms with E-state index >= 15 is 0 Å². The molecule has 3 amide bonds. The number of anilines is 2. The topological polar surface area (TPSA) is 100 Å². The first-order valence-electron chi connectivity index (χ1n) is 14.2. The van der Waals surface area contributed by atoms with Gasteiger partial charge in [0, 0.05) is 37.1 Å². The molecule has 0 bridgehead atoms. The third-order valence-corrected chi connectivity index (χ3v) is 9.32. The van der Waals surface area contributed by atoms with Crippen molar-refractivity contribution >= 4 is 80.9 Å². The number of hydrogen-bond donors (Lipinski definition) is 3. The Kier molecular flexibility index (Phi) is 11.3. The molecule has 11 heteroatoms. The highest BCUT2D eigenvalue weighted by Crippen LogP contribution is 2.32. The van der Waals surface area contributed by atoms with Crippen LogP contribution in [0.2, 0.25) is 10.0 Å². The second-order valence-electron chi connectivity index (χ2n) is 9.93. The van der Waals surface area contributed by atoms with E-state index in [-0.39, 0.29) is 11.6 Å². The van der Waals surface area contributed by atoms with Gasteiger partial charge in [-0.2, -0.15) is 0 Å². The molecular weight excluding hydrogens is 659 g/mol. The van der Waals surface area contributed by atoms with Gasteiger partial charge in [-0.05, 0) is 66.6 Å². The van der Waals surface area contributed by atoms with Crippen molar-refractivity contribution < 1.29 is 14.4 Å². The summed E-state index contributed by atoms with van der Waals surface area (Å²) in [5.41, 5.74) is 3.15. The number of thioether (sulfide) groups is 1. The number of rotatable bonds is 11. The summed E-state index contributed by atoms with van der Waals surface area (Å²) in [6.07, 6.45) is 2.15. The van der Waals surface area contributed by atoms with E-state index in [4.69, 9.17) is 23.2 Å². The van der Waals surface area contributed by atoms with Crippen LogP contribution in [0.3, 0.4) is 0 Å². The lowest BCUT2D eigenvalue weighted by atomic mass is 10.1. The quantitative estimate of drug-likeness (QED) is 0.0951. The van der Waals surface area contributed by atoms with E-state index in [0.29, 0.717) is 44.1 Å². The van der Waals surface area contributed by atoms with Crippen molar-refractivity contribution in [2.75, 3.05) is 10.6 Å². The highest BCUT2D eigenvalue weighted by molar-refractivity contribution is 8.00. The molecule has 0 fully saturated rings. The predicted molar refractivity (Wildman–Crippen MR) is 190 cm³/mol. The second kappa shape index (κ2) is 15.7. The van der Waals surface area contributed by atoms with Crippen LogP contribution >= 0.6 is 46.3 Å². The van der Waals surface area contributed by atoms with Gasteiger partial charge in [0.1, 0.15) is 5.70 Å². The average Bonchev–Trinajstić information content (AvgIpc) is 3.53. The van der Waals surface area contributed by atoms with Gasteiger partial charge in [-0.15, -0.1) is 23.1 Å². The zero-order valence-corrected chi connectivity index (χ0v) is 27.6. The van der Waals surface area contributed by atoms with Crippen LogP contribution in [0.15, 0.2) is 119 Å². The molecule has 0 spiro atoms. The largest absolute Gasteiger partial charge is 0.321 e. The Bertz CT molecular complexity index is 1880. The number of benzene rings is 4. The van der Waals surface area contributed by atoms with Gasteiger partial charge in [0.2, 0.25) is 5.91 Å². The summed E-state index contributed by atoms with van der Waals surface area (Å²) in [5.74, 6) is -1.11. The molecule has 232 valence electrons. The van der Waals surface area contributed by atoms with Crippen LogP contribution < -0.4 is 16.0 Å². The van der Waals surface area contributed by atoms with Gasteiger partial charge in [-0.25, -0.2) is 4.98 Å². The number of aromatic nitrogens is 1. The Balaban J connectivity index is 1.27. The van der Waals surface area contributed by atoms with E-state index in [1.165, 1.54) is 23.1 Å². The maximum absolute atomic E-state index is 13.5. The lowest BCUT2D eigenvalue weighted by Gasteiger charge is -2.15. The van der Waals surface area contributed by atoms with Crippen LogP contribution in [0.1, 0.15) is 29.3 Å². The van der Waals surface area contributed by atoms with Crippen molar-refractivity contribution in [1.82, 2.24) is 10.3 Å². The van der Waals surface area contributed by atoms with Crippen LogP contribution in [0.4, 0.5) is 10.8 Å². The first-order valence-corrected chi connectivity index (χ1v) is 16.7. The fraction of sp³-hybridized carbons (Fsp3) is 0.0857. The molecule has 4 aromatic carbocycles. The molecule has 46 heavy (non-hydrogen) atoms. The van der Waals surface area contributed by atoms with Crippen molar-refractivity contribution in [3.8, 4) is 11.3 Å². The molecule has 7 nitrogen and oxygen atoms in total. The van der Waals surface area contributed by atoms with Gasteiger partial charge in [-0.3, -0.25) is 14.4 Å². The number of thiazole rings is 1. The summed E-state index contributed by atoms with van der Waals surface area (Å²) in [6, 6.07) is 30.2. The molecule has 1 aromatic heterocycles.